The molecule has 1 aromatic carbocycles. The van der Waals surface area contributed by atoms with Gasteiger partial charge in [0.05, 0.1) is 7.11 Å². The molecule has 0 aliphatic carbocycles. The molecular formula is C17H25NO2. The Hall–Kier alpha value is -1.77. The number of rotatable bonds is 9. The van der Waals surface area contributed by atoms with E-state index in [2.05, 4.69) is 12.2 Å². The summed E-state index contributed by atoms with van der Waals surface area (Å²) in [5, 5.41) is 3.30. The molecule has 0 saturated carbocycles. The Kier molecular flexibility index (Phi) is 8.20. The van der Waals surface area contributed by atoms with Crippen molar-refractivity contribution in [1.29, 1.82) is 0 Å². The summed E-state index contributed by atoms with van der Waals surface area (Å²) in [7, 11) is 1.40. The number of carbonyl (C=O) groups is 1. The predicted molar refractivity (Wildman–Crippen MR) is 83.5 cm³/mol. The summed E-state index contributed by atoms with van der Waals surface area (Å²) in [5.41, 5.74) is 1.91. The van der Waals surface area contributed by atoms with E-state index in [1.54, 1.807) is 6.08 Å². The highest BCUT2D eigenvalue weighted by Crippen LogP contribution is 2.15. The third-order valence-electron chi connectivity index (χ3n) is 3.12. The first kappa shape index (κ1) is 16.3. The van der Waals surface area contributed by atoms with Gasteiger partial charge in [-0.05, 0) is 25.0 Å². The molecule has 1 aromatic rings. The molecule has 0 spiro atoms. The van der Waals surface area contributed by atoms with Crippen molar-refractivity contribution < 1.29 is 9.53 Å². The summed E-state index contributed by atoms with van der Waals surface area (Å²) in [6.45, 7) is 2.21. The lowest BCUT2D eigenvalue weighted by atomic mass is 10.1. The Labute approximate surface area is 122 Å². The number of nitrogens with one attached hydrogen (secondary N) is 1. The lowest BCUT2D eigenvalue weighted by Crippen LogP contribution is -2.05. The first-order valence-electron chi connectivity index (χ1n) is 7.37. The van der Waals surface area contributed by atoms with Crippen LogP contribution in [0.5, 0.6) is 0 Å². The van der Waals surface area contributed by atoms with Crippen molar-refractivity contribution in [2.24, 2.45) is 0 Å². The largest absolute Gasteiger partial charge is 0.466 e. The maximum atomic E-state index is 11.4. The number of esters is 1. The van der Waals surface area contributed by atoms with Crippen LogP contribution < -0.4 is 5.32 Å². The molecule has 0 saturated heterocycles. The van der Waals surface area contributed by atoms with Gasteiger partial charge in [-0.25, -0.2) is 4.79 Å². The van der Waals surface area contributed by atoms with Crippen LogP contribution in [0.1, 0.15) is 45.4 Å². The van der Waals surface area contributed by atoms with Gasteiger partial charge in [0, 0.05) is 17.5 Å². The van der Waals surface area contributed by atoms with Gasteiger partial charge in [0.25, 0.3) is 0 Å². The maximum Gasteiger partial charge on any atom is 0.332 e. The van der Waals surface area contributed by atoms with E-state index in [9.17, 15) is 4.79 Å². The molecule has 0 amide bonds. The van der Waals surface area contributed by atoms with E-state index in [0.717, 1.165) is 24.2 Å². The highest BCUT2D eigenvalue weighted by molar-refractivity contribution is 5.83. The van der Waals surface area contributed by atoms with Gasteiger partial charge in [0.15, 0.2) is 0 Å². The molecule has 20 heavy (non-hydrogen) atoms. The fourth-order valence-corrected chi connectivity index (χ4v) is 2.00. The number of unbranched alkanes of at least 4 members (excludes halogenated alkanes) is 4. The zero-order valence-electron chi connectivity index (χ0n) is 12.5. The standard InChI is InChI=1S/C17H25NO2/c1-3-4-5-6-8-13-16(14-17(19)20-2)18-15-11-9-7-10-12-15/h7,9-12,14,18H,3-6,8,13H2,1-2H3. The van der Waals surface area contributed by atoms with E-state index in [4.69, 9.17) is 4.74 Å². The van der Waals surface area contributed by atoms with Crippen LogP contribution in [-0.4, -0.2) is 13.1 Å². The monoisotopic (exact) mass is 275 g/mol. The van der Waals surface area contributed by atoms with Crippen molar-refractivity contribution in [1.82, 2.24) is 0 Å². The van der Waals surface area contributed by atoms with E-state index in [-0.39, 0.29) is 5.97 Å². The Morgan fingerprint density at radius 2 is 1.85 bits per heavy atom. The summed E-state index contributed by atoms with van der Waals surface area (Å²) < 4.78 is 4.71. The SMILES string of the molecule is CCCCCCCC(=CC(=O)OC)Nc1ccccc1. The van der Waals surface area contributed by atoms with Crippen LogP contribution in [-0.2, 0) is 9.53 Å². The number of para-hydroxylation sites is 1. The van der Waals surface area contributed by atoms with E-state index in [1.807, 2.05) is 30.3 Å². The second-order valence-corrected chi connectivity index (χ2v) is 4.85. The molecule has 0 aliphatic rings. The fourth-order valence-electron chi connectivity index (χ4n) is 2.00. The molecule has 0 bridgehead atoms. The van der Waals surface area contributed by atoms with Gasteiger partial charge in [-0.1, -0.05) is 50.8 Å². The molecule has 0 heterocycles. The second-order valence-electron chi connectivity index (χ2n) is 4.85. The zero-order chi connectivity index (χ0) is 14.6. The first-order valence-corrected chi connectivity index (χ1v) is 7.37. The Morgan fingerprint density at radius 1 is 1.15 bits per heavy atom. The minimum atomic E-state index is -0.308. The summed E-state index contributed by atoms with van der Waals surface area (Å²) >= 11 is 0. The number of methoxy groups -OCH3 is 1. The van der Waals surface area contributed by atoms with Crippen molar-refractivity contribution >= 4 is 11.7 Å². The van der Waals surface area contributed by atoms with Crippen LogP contribution in [0.25, 0.3) is 0 Å². The lowest BCUT2D eigenvalue weighted by molar-refractivity contribution is -0.134. The van der Waals surface area contributed by atoms with Crippen LogP contribution in [0.3, 0.4) is 0 Å². The molecule has 0 aromatic heterocycles. The van der Waals surface area contributed by atoms with Gasteiger partial charge >= 0.3 is 5.97 Å². The topological polar surface area (TPSA) is 38.3 Å². The van der Waals surface area contributed by atoms with E-state index < -0.39 is 0 Å². The molecule has 1 rings (SSSR count). The lowest BCUT2D eigenvalue weighted by Gasteiger charge is -2.11. The Bertz CT molecular complexity index is 412. The highest BCUT2D eigenvalue weighted by atomic mass is 16.5. The molecule has 3 heteroatoms. The molecule has 3 nitrogen and oxygen atoms in total. The minimum absolute atomic E-state index is 0.308. The third-order valence-corrected chi connectivity index (χ3v) is 3.12. The van der Waals surface area contributed by atoms with Gasteiger partial charge in [-0.2, -0.15) is 0 Å². The number of anilines is 1. The summed E-state index contributed by atoms with van der Waals surface area (Å²) in [5.74, 6) is -0.308. The van der Waals surface area contributed by atoms with Crippen LogP contribution in [0.4, 0.5) is 5.69 Å². The Morgan fingerprint density at radius 3 is 2.50 bits per heavy atom. The average Bonchev–Trinajstić information content (AvgIpc) is 2.47. The van der Waals surface area contributed by atoms with Crippen molar-refractivity contribution in [3.8, 4) is 0 Å². The van der Waals surface area contributed by atoms with E-state index >= 15 is 0 Å². The van der Waals surface area contributed by atoms with Crippen LogP contribution in [0, 0.1) is 0 Å². The van der Waals surface area contributed by atoms with Crippen molar-refractivity contribution in [3.63, 3.8) is 0 Å². The number of hydrogen-bond acceptors (Lipinski definition) is 3. The van der Waals surface area contributed by atoms with Crippen LogP contribution >= 0.6 is 0 Å². The van der Waals surface area contributed by atoms with Gasteiger partial charge in [-0.3, -0.25) is 0 Å². The molecule has 0 radical (unpaired) electrons. The van der Waals surface area contributed by atoms with Crippen molar-refractivity contribution in [2.45, 2.75) is 45.4 Å². The molecule has 110 valence electrons. The minimum Gasteiger partial charge on any atom is -0.466 e. The van der Waals surface area contributed by atoms with Gasteiger partial charge in [0.2, 0.25) is 0 Å². The highest BCUT2D eigenvalue weighted by Gasteiger charge is 2.03. The van der Waals surface area contributed by atoms with Gasteiger partial charge in [-0.15, -0.1) is 0 Å². The van der Waals surface area contributed by atoms with Crippen LogP contribution in [0.15, 0.2) is 42.1 Å². The van der Waals surface area contributed by atoms with E-state index in [0.29, 0.717) is 0 Å². The second kappa shape index (κ2) is 10.1. The summed E-state index contributed by atoms with van der Waals surface area (Å²) in [4.78, 5) is 11.4. The van der Waals surface area contributed by atoms with Crippen molar-refractivity contribution in [3.05, 3.63) is 42.1 Å². The zero-order valence-corrected chi connectivity index (χ0v) is 12.5. The fraction of sp³-hybridized carbons (Fsp3) is 0.471. The summed E-state index contributed by atoms with van der Waals surface area (Å²) in [6.07, 6.45) is 8.48. The molecule has 0 fully saturated rings. The molecule has 0 atom stereocenters. The molecular weight excluding hydrogens is 250 g/mol. The number of allylic oxidation sites excluding steroid dienone is 1. The third kappa shape index (κ3) is 6.98. The molecule has 1 N–H and O–H groups in total. The smallest absolute Gasteiger partial charge is 0.332 e. The molecule has 0 aliphatic heterocycles. The van der Waals surface area contributed by atoms with Crippen LogP contribution in [0.2, 0.25) is 0 Å². The van der Waals surface area contributed by atoms with Crippen molar-refractivity contribution in [2.75, 3.05) is 12.4 Å². The number of carbonyl (C=O) groups excluding carboxylic acids is 1. The number of benzene rings is 1. The molecule has 0 unspecified atom stereocenters. The number of ether oxygens (including phenoxy) is 1. The maximum absolute atomic E-state index is 11.4. The summed E-state index contributed by atoms with van der Waals surface area (Å²) in [6, 6.07) is 9.89. The van der Waals surface area contributed by atoms with E-state index in [1.165, 1.54) is 32.8 Å². The normalized spacial score (nSPS) is 11.2. The Balaban J connectivity index is 2.52. The average molecular weight is 275 g/mol. The predicted octanol–water partition coefficient (Wildman–Crippen LogP) is 4.52. The van der Waals surface area contributed by atoms with Gasteiger partial charge < -0.3 is 10.1 Å². The first-order chi connectivity index (χ1) is 9.76. The quantitative estimate of drug-likeness (QED) is 0.409. The van der Waals surface area contributed by atoms with Gasteiger partial charge in [0.1, 0.15) is 0 Å². The number of hydrogen-bond donors (Lipinski definition) is 1.